The molecule has 1 aliphatic heterocycles. The first-order valence-corrected chi connectivity index (χ1v) is 11.1. The normalized spacial score (nSPS) is 18.1. The Morgan fingerprint density at radius 1 is 1.36 bits per heavy atom. The number of pyridine rings is 1. The fourth-order valence-corrected chi connectivity index (χ4v) is 3.89. The Bertz CT molecular complexity index is 1160. The molecule has 0 spiro atoms. The Balaban J connectivity index is 1.87. The zero-order valence-corrected chi connectivity index (χ0v) is 19.8. The Morgan fingerprint density at radius 2 is 2.11 bits per heavy atom. The summed E-state index contributed by atoms with van der Waals surface area (Å²) in [5.74, 6) is -0.227. The number of aromatic nitrogens is 1. The molecule has 0 saturated carbocycles. The van der Waals surface area contributed by atoms with Crippen molar-refractivity contribution >= 4 is 12.0 Å². The molecule has 2 aromatic rings. The molecule has 192 valence electrons. The van der Waals surface area contributed by atoms with Gasteiger partial charge in [0.1, 0.15) is 30.7 Å². The summed E-state index contributed by atoms with van der Waals surface area (Å²) in [5.41, 5.74) is 0.161. The van der Waals surface area contributed by atoms with Gasteiger partial charge in [0, 0.05) is 37.1 Å². The molecule has 1 N–H and O–H groups in total. The van der Waals surface area contributed by atoms with Gasteiger partial charge in [0.05, 0.1) is 6.07 Å². The van der Waals surface area contributed by atoms with E-state index in [1.165, 1.54) is 6.08 Å². The summed E-state index contributed by atoms with van der Waals surface area (Å²) in [6.07, 6.45) is -2.53. The number of carbonyl (C=O) groups is 2. The van der Waals surface area contributed by atoms with Gasteiger partial charge in [-0.3, -0.25) is 19.6 Å². The van der Waals surface area contributed by atoms with E-state index in [-0.39, 0.29) is 32.0 Å². The summed E-state index contributed by atoms with van der Waals surface area (Å²) in [4.78, 5) is 32.0. The van der Waals surface area contributed by atoms with Crippen LogP contribution in [0, 0.1) is 18.3 Å². The molecule has 2 atom stereocenters. The van der Waals surface area contributed by atoms with E-state index in [1.807, 2.05) is 18.3 Å². The Kier molecular flexibility index (Phi) is 8.04. The predicted molar refractivity (Wildman–Crippen MR) is 122 cm³/mol. The third kappa shape index (κ3) is 6.04. The van der Waals surface area contributed by atoms with Gasteiger partial charge in [0.25, 0.3) is 0 Å². The molecule has 1 aliphatic rings. The molecule has 0 aromatic carbocycles. The number of halogens is 3. The molecule has 3 rings (SSSR count). The summed E-state index contributed by atoms with van der Waals surface area (Å²) >= 11 is 0. The lowest BCUT2D eigenvalue weighted by atomic mass is 9.95. The maximum absolute atomic E-state index is 12.7. The second-order valence-corrected chi connectivity index (χ2v) is 8.39. The minimum atomic E-state index is -4.63. The van der Waals surface area contributed by atoms with Gasteiger partial charge < -0.3 is 14.5 Å². The molecule has 2 amide bonds. The second kappa shape index (κ2) is 10.8. The first-order valence-electron chi connectivity index (χ1n) is 11.1. The van der Waals surface area contributed by atoms with Gasteiger partial charge in [-0.1, -0.05) is 12.7 Å². The molecule has 1 saturated heterocycles. The van der Waals surface area contributed by atoms with Crippen molar-refractivity contribution in [3.63, 3.8) is 0 Å². The van der Waals surface area contributed by atoms with Crippen LogP contribution in [0.3, 0.4) is 0 Å². The number of alkyl halides is 3. The zero-order valence-electron chi connectivity index (χ0n) is 19.8. The van der Waals surface area contributed by atoms with Crippen LogP contribution in [-0.2, 0) is 15.1 Å². The molecule has 0 bridgehead atoms. The lowest BCUT2D eigenvalue weighted by molar-refractivity contribution is -0.143. The fourth-order valence-electron chi connectivity index (χ4n) is 3.89. The van der Waals surface area contributed by atoms with E-state index in [2.05, 4.69) is 17.6 Å². The predicted octanol–water partition coefficient (Wildman–Crippen LogP) is 3.38. The minimum Gasteiger partial charge on any atom is -0.458 e. The summed E-state index contributed by atoms with van der Waals surface area (Å²) in [6, 6.07) is 7.78. The number of furan rings is 1. The van der Waals surface area contributed by atoms with Gasteiger partial charge in [0.15, 0.2) is 5.54 Å². The quantitative estimate of drug-likeness (QED) is 0.574. The van der Waals surface area contributed by atoms with Crippen molar-refractivity contribution in [3.05, 3.63) is 54.6 Å². The molecule has 12 heteroatoms. The number of nitriles is 1. The summed E-state index contributed by atoms with van der Waals surface area (Å²) in [5, 5.41) is 11.9. The van der Waals surface area contributed by atoms with Crippen molar-refractivity contribution in [1.29, 1.82) is 5.26 Å². The van der Waals surface area contributed by atoms with E-state index in [9.17, 15) is 28.0 Å². The van der Waals surface area contributed by atoms with Crippen molar-refractivity contribution in [2.24, 2.45) is 0 Å². The van der Waals surface area contributed by atoms with Gasteiger partial charge in [-0.25, -0.2) is 4.79 Å². The number of amides is 2. The fraction of sp³-hybridized carbons (Fsp3) is 0.417. The van der Waals surface area contributed by atoms with E-state index in [4.69, 9.17) is 9.15 Å². The van der Waals surface area contributed by atoms with Crippen molar-refractivity contribution < 1.29 is 31.9 Å². The number of carbonyl (C=O) groups excluding carboxylic acids is 2. The Labute approximate surface area is 206 Å². The van der Waals surface area contributed by atoms with Crippen LogP contribution in [0.1, 0.15) is 18.4 Å². The highest BCUT2D eigenvalue weighted by atomic mass is 19.4. The van der Waals surface area contributed by atoms with Crippen LogP contribution in [0.25, 0.3) is 11.3 Å². The average molecular weight is 505 g/mol. The van der Waals surface area contributed by atoms with Crippen LogP contribution in [0.5, 0.6) is 0 Å². The van der Waals surface area contributed by atoms with E-state index in [0.29, 0.717) is 5.76 Å². The van der Waals surface area contributed by atoms with Crippen molar-refractivity contribution in [1.82, 2.24) is 20.1 Å². The Hall–Kier alpha value is -3.85. The van der Waals surface area contributed by atoms with Gasteiger partial charge in [0.2, 0.25) is 5.91 Å². The second-order valence-electron chi connectivity index (χ2n) is 8.39. The van der Waals surface area contributed by atoms with Gasteiger partial charge in [-0.05, 0) is 38.1 Å². The van der Waals surface area contributed by atoms with Gasteiger partial charge >= 0.3 is 12.3 Å². The Morgan fingerprint density at radius 3 is 2.75 bits per heavy atom. The smallest absolute Gasteiger partial charge is 0.410 e. The first-order chi connectivity index (χ1) is 17.0. The molecular weight excluding hydrogens is 479 g/mol. The number of nitrogens with zero attached hydrogens (tertiary/aromatic N) is 4. The molecule has 3 heterocycles. The molecule has 36 heavy (non-hydrogen) atoms. The highest BCUT2D eigenvalue weighted by Crippen LogP contribution is 2.34. The minimum absolute atomic E-state index is 0.0610. The van der Waals surface area contributed by atoms with Crippen molar-refractivity contribution in [2.75, 3.05) is 32.8 Å². The lowest BCUT2D eigenvalue weighted by Crippen LogP contribution is -2.64. The molecule has 9 nitrogen and oxygen atoms in total. The monoisotopic (exact) mass is 505 g/mol. The number of piperazine rings is 1. The maximum atomic E-state index is 12.7. The van der Waals surface area contributed by atoms with E-state index >= 15 is 0 Å². The van der Waals surface area contributed by atoms with E-state index < -0.39 is 36.3 Å². The number of rotatable bonds is 7. The molecule has 0 aliphatic carbocycles. The molecule has 2 aromatic heterocycles. The van der Waals surface area contributed by atoms with Crippen LogP contribution < -0.4 is 5.32 Å². The standard InChI is InChI=1S/C24H26F3N5O4/c1-4-11-35-22(34)32-10-9-31(13-18(32)21(33)30-15-24(25,26)27)23(3,14-28)20-6-5-19(36-20)17-7-8-29-16(2)12-17/h4-8,12,18H,1,9-11,13,15H2,2-3H3,(H,30,33)/t18-,23?/m0/s1. The third-order valence-corrected chi connectivity index (χ3v) is 5.82. The third-order valence-electron chi connectivity index (χ3n) is 5.82. The van der Waals surface area contributed by atoms with Crippen LogP contribution >= 0.6 is 0 Å². The SMILES string of the molecule is C=CCOC(=O)N1CCN(C(C)(C#N)c2ccc(-c3ccnc(C)c3)o2)C[C@H]1C(=O)NCC(F)(F)F. The summed E-state index contributed by atoms with van der Waals surface area (Å²) in [7, 11) is 0. The number of nitrogens with one attached hydrogen (secondary N) is 1. The first kappa shape index (κ1) is 26.7. The van der Waals surface area contributed by atoms with Crippen LogP contribution in [0.15, 0.2) is 47.5 Å². The average Bonchev–Trinajstić information content (AvgIpc) is 3.35. The summed E-state index contributed by atoms with van der Waals surface area (Å²) in [6.45, 7) is 5.04. The number of aryl methyl sites for hydroxylation is 1. The maximum Gasteiger partial charge on any atom is 0.410 e. The van der Waals surface area contributed by atoms with Crippen LogP contribution in [0.2, 0.25) is 0 Å². The van der Waals surface area contributed by atoms with E-state index in [1.54, 1.807) is 36.2 Å². The number of ether oxygens (including phenoxy) is 1. The largest absolute Gasteiger partial charge is 0.458 e. The van der Waals surface area contributed by atoms with E-state index in [0.717, 1.165) is 16.2 Å². The number of hydrogen-bond acceptors (Lipinski definition) is 7. The molecular formula is C24H26F3N5O4. The molecule has 1 unspecified atom stereocenters. The molecule has 1 fully saturated rings. The van der Waals surface area contributed by atoms with Crippen molar-refractivity contribution in [2.45, 2.75) is 31.6 Å². The van der Waals surface area contributed by atoms with Crippen LogP contribution in [0.4, 0.5) is 18.0 Å². The topological polar surface area (TPSA) is 112 Å². The van der Waals surface area contributed by atoms with Crippen LogP contribution in [-0.4, -0.2) is 71.8 Å². The van der Waals surface area contributed by atoms with Crippen molar-refractivity contribution in [3.8, 4) is 17.4 Å². The highest BCUT2D eigenvalue weighted by molar-refractivity contribution is 5.86. The van der Waals surface area contributed by atoms with Gasteiger partial charge in [-0.15, -0.1) is 0 Å². The zero-order chi connectivity index (χ0) is 26.5. The highest BCUT2D eigenvalue weighted by Gasteiger charge is 2.45. The molecule has 0 radical (unpaired) electrons. The van der Waals surface area contributed by atoms with Gasteiger partial charge in [-0.2, -0.15) is 18.4 Å². The summed E-state index contributed by atoms with van der Waals surface area (Å²) < 4.78 is 49.1. The lowest BCUT2D eigenvalue weighted by Gasteiger charge is -2.44. The number of hydrogen-bond donors (Lipinski definition) is 1.